The molecule has 8 nitrogen and oxygen atoms in total. The Balaban J connectivity index is 1.12. The van der Waals surface area contributed by atoms with Crippen molar-refractivity contribution in [2.45, 2.75) is 96.2 Å². The zero-order chi connectivity index (χ0) is 30.7. The Labute approximate surface area is 264 Å². The number of rotatable bonds is 7. The molecular formula is C35H45N5O3S. The molecule has 3 aromatic rings. The number of aromatic nitrogens is 1. The van der Waals surface area contributed by atoms with Crippen molar-refractivity contribution in [2.75, 3.05) is 32.7 Å². The number of nitrogens with zero attached hydrogens (tertiary/aromatic N) is 3. The van der Waals surface area contributed by atoms with Crippen LogP contribution < -0.4 is 5.32 Å². The van der Waals surface area contributed by atoms with Crippen LogP contribution in [0, 0.1) is 13.8 Å². The molecule has 4 fully saturated rings. The van der Waals surface area contributed by atoms with Gasteiger partial charge in [0, 0.05) is 61.5 Å². The zero-order valence-electron chi connectivity index (χ0n) is 26.5. The van der Waals surface area contributed by atoms with Crippen LogP contribution in [0.15, 0.2) is 24.3 Å². The van der Waals surface area contributed by atoms with Gasteiger partial charge in [-0.3, -0.25) is 19.3 Å². The Bertz CT molecular complexity index is 1570. The molecule has 44 heavy (non-hydrogen) atoms. The molecular weight excluding hydrogens is 570 g/mol. The van der Waals surface area contributed by atoms with Gasteiger partial charge in [-0.1, -0.05) is 17.2 Å². The predicted octanol–water partition coefficient (Wildman–Crippen LogP) is 4.91. The lowest BCUT2D eigenvalue weighted by atomic mass is 9.88. The quantitative estimate of drug-likeness (QED) is 0.396. The fraction of sp³-hybridized carbons (Fsp3) is 0.571. The van der Waals surface area contributed by atoms with Crippen LogP contribution in [-0.4, -0.2) is 88.3 Å². The van der Waals surface area contributed by atoms with Gasteiger partial charge in [0.05, 0.1) is 11.1 Å². The fourth-order valence-corrected chi connectivity index (χ4v) is 9.30. The summed E-state index contributed by atoms with van der Waals surface area (Å²) in [5, 5.41) is 4.06. The van der Waals surface area contributed by atoms with Gasteiger partial charge in [0.2, 0.25) is 17.7 Å². The third-order valence-electron chi connectivity index (χ3n) is 10.6. The molecule has 2 bridgehead atoms. The number of H-pyrrole nitrogens is 1. The molecule has 1 atom stereocenters. The van der Waals surface area contributed by atoms with Crippen molar-refractivity contribution >= 4 is 39.3 Å². The number of carbonyl (C=O) groups excluding carboxylic acids is 3. The fourth-order valence-electron chi connectivity index (χ4n) is 8.12. The second-order valence-corrected chi connectivity index (χ2v) is 15.1. The standard InChI is InChI=1S/C35H45N5O3S/c1-21-17-22(2)19-23(18-21)31-26(11-12-38-13-15-39(16-14-38)33(42)28-9-10-30(41)36-28)27-20-29(44-32(27)37-31)35(3,4)34(43)40-24-5-6-25(40)8-7-24/h17-20,24-25,28,37H,5-16H2,1-4H3,(H,36,41). The Morgan fingerprint density at radius 3 is 2.20 bits per heavy atom. The number of aromatic amines is 1. The molecule has 6 heterocycles. The number of nitrogens with one attached hydrogen (secondary N) is 2. The molecule has 4 saturated heterocycles. The molecule has 0 radical (unpaired) electrons. The summed E-state index contributed by atoms with van der Waals surface area (Å²) in [6.07, 6.45) is 6.55. The Hall–Kier alpha value is -3.17. The van der Waals surface area contributed by atoms with E-state index in [1.54, 1.807) is 11.3 Å². The van der Waals surface area contributed by atoms with Crippen LogP contribution in [0.25, 0.3) is 21.5 Å². The second-order valence-electron chi connectivity index (χ2n) is 14.1. The Morgan fingerprint density at radius 2 is 1.59 bits per heavy atom. The monoisotopic (exact) mass is 615 g/mol. The first kappa shape index (κ1) is 29.5. The number of piperazine rings is 1. The maximum absolute atomic E-state index is 13.9. The lowest BCUT2D eigenvalue weighted by molar-refractivity contribution is -0.137. The average Bonchev–Trinajstić information content (AvgIpc) is 3.82. The molecule has 7 rings (SSSR count). The topological polar surface area (TPSA) is 88.8 Å². The number of hydrogen-bond donors (Lipinski definition) is 2. The van der Waals surface area contributed by atoms with E-state index in [4.69, 9.17) is 0 Å². The minimum atomic E-state index is -0.561. The maximum Gasteiger partial charge on any atom is 0.245 e. The van der Waals surface area contributed by atoms with Crippen LogP contribution >= 0.6 is 11.3 Å². The number of thiophene rings is 1. The summed E-state index contributed by atoms with van der Waals surface area (Å²) < 4.78 is 0. The lowest BCUT2D eigenvalue weighted by Gasteiger charge is -2.36. The van der Waals surface area contributed by atoms with E-state index >= 15 is 0 Å². The van der Waals surface area contributed by atoms with Crippen LogP contribution in [0.5, 0.6) is 0 Å². The molecule has 1 unspecified atom stereocenters. The van der Waals surface area contributed by atoms with Gasteiger partial charge in [-0.05, 0) is 95.5 Å². The lowest BCUT2D eigenvalue weighted by Crippen LogP contribution is -2.53. The molecule has 2 aromatic heterocycles. The molecule has 0 saturated carbocycles. The van der Waals surface area contributed by atoms with Crippen LogP contribution in [0.4, 0.5) is 0 Å². The first-order valence-corrected chi connectivity index (χ1v) is 17.3. The van der Waals surface area contributed by atoms with Gasteiger partial charge in [-0.15, -0.1) is 11.3 Å². The van der Waals surface area contributed by atoms with E-state index in [0.717, 1.165) is 61.4 Å². The van der Waals surface area contributed by atoms with Gasteiger partial charge in [0.1, 0.15) is 10.9 Å². The van der Waals surface area contributed by atoms with E-state index in [-0.39, 0.29) is 23.8 Å². The van der Waals surface area contributed by atoms with Crippen molar-refractivity contribution in [3.63, 3.8) is 0 Å². The number of benzene rings is 1. The number of carbonyl (C=O) groups is 3. The highest BCUT2D eigenvalue weighted by Crippen LogP contribution is 2.44. The van der Waals surface area contributed by atoms with E-state index in [2.05, 4.69) is 72.1 Å². The molecule has 0 spiro atoms. The van der Waals surface area contributed by atoms with Crippen molar-refractivity contribution in [1.82, 2.24) is 25.0 Å². The van der Waals surface area contributed by atoms with Crippen molar-refractivity contribution in [1.29, 1.82) is 0 Å². The van der Waals surface area contributed by atoms with Gasteiger partial charge >= 0.3 is 0 Å². The van der Waals surface area contributed by atoms with E-state index < -0.39 is 5.41 Å². The molecule has 4 aliphatic rings. The van der Waals surface area contributed by atoms with E-state index in [0.29, 0.717) is 38.0 Å². The Morgan fingerprint density at radius 1 is 0.932 bits per heavy atom. The summed E-state index contributed by atoms with van der Waals surface area (Å²) in [4.78, 5) is 51.1. The predicted molar refractivity (Wildman–Crippen MR) is 175 cm³/mol. The third kappa shape index (κ3) is 5.26. The molecule has 1 aromatic carbocycles. The SMILES string of the molecule is Cc1cc(C)cc(-c2[nH]c3sc(C(C)(C)C(=O)N4C5CCC4CC5)cc3c2CCN2CCN(C(=O)C3CCC(=O)N3)CC2)c1. The van der Waals surface area contributed by atoms with Crippen LogP contribution in [-0.2, 0) is 26.2 Å². The second kappa shape index (κ2) is 11.3. The van der Waals surface area contributed by atoms with Crippen molar-refractivity contribution in [2.24, 2.45) is 0 Å². The van der Waals surface area contributed by atoms with Crippen LogP contribution in [0.3, 0.4) is 0 Å². The number of amides is 3. The third-order valence-corrected chi connectivity index (χ3v) is 12.0. The first-order valence-electron chi connectivity index (χ1n) is 16.5. The maximum atomic E-state index is 13.9. The van der Waals surface area contributed by atoms with Crippen LogP contribution in [0.2, 0.25) is 0 Å². The highest BCUT2D eigenvalue weighted by Gasteiger charge is 2.47. The molecule has 234 valence electrons. The first-order chi connectivity index (χ1) is 21.1. The minimum Gasteiger partial charge on any atom is -0.346 e. The molecule has 0 aliphatic carbocycles. The molecule has 2 N–H and O–H groups in total. The summed E-state index contributed by atoms with van der Waals surface area (Å²) in [5.41, 5.74) is 5.63. The molecule has 9 heteroatoms. The normalized spacial score (nSPS) is 24.1. The summed E-state index contributed by atoms with van der Waals surface area (Å²) in [6, 6.07) is 9.52. The summed E-state index contributed by atoms with van der Waals surface area (Å²) in [6.45, 7) is 12.5. The Kier molecular flexibility index (Phi) is 7.60. The van der Waals surface area contributed by atoms with E-state index in [9.17, 15) is 14.4 Å². The molecule has 4 aliphatic heterocycles. The highest BCUT2D eigenvalue weighted by atomic mass is 32.1. The van der Waals surface area contributed by atoms with Gasteiger partial charge < -0.3 is 20.1 Å². The van der Waals surface area contributed by atoms with Gasteiger partial charge in [0.15, 0.2) is 0 Å². The number of aryl methyl sites for hydroxylation is 2. The van der Waals surface area contributed by atoms with E-state index in [1.165, 1.54) is 33.3 Å². The highest BCUT2D eigenvalue weighted by molar-refractivity contribution is 7.19. The van der Waals surface area contributed by atoms with Crippen molar-refractivity contribution in [3.05, 3.63) is 45.8 Å². The van der Waals surface area contributed by atoms with Crippen molar-refractivity contribution in [3.8, 4) is 11.3 Å². The summed E-state index contributed by atoms with van der Waals surface area (Å²) in [7, 11) is 0. The number of fused-ring (bicyclic) bond motifs is 3. The van der Waals surface area contributed by atoms with Crippen LogP contribution in [0.1, 0.15) is 73.9 Å². The van der Waals surface area contributed by atoms with Gasteiger partial charge in [0.25, 0.3) is 0 Å². The zero-order valence-corrected chi connectivity index (χ0v) is 27.3. The summed E-state index contributed by atoms with van der Waals surface area (Å²) >= 11 is 1.74. The van der Waals surface area contributed by atoms with E-state index in [1.807, 2.05) is 4.90 Å². The average molecular weight is 616 g/mol. The van der Waals surface area contributed by atoms with Gasteiger partial charge in [-0.2, -0.15) is 0 Å². The number of hydrogen-bond acceptors (Lipinski definition) is 5. The van der Waals surface area contributed by atoms with Crippen molar-refractivity contribution < 1.29 is 14.4 Å². The largest absolute Gasteiger partial charge is 0.346 e. The minimum absolute atomic E-state index is 0.0214. The van der Waals surface area contributed by atoms with Gasteiger partial charge in [-0.25, -0.2) is 0 Å². The smallest absolute Gasteiger partial charge is 0.245 e. The molecule has 3 amide bonds. The summed E-state index contributed by atoms with van der Waals surface area (Å²) in [5.74, 6) is 0.323.